The Bertz CT molecular complexity index is 427. The van der Waals surface area contributed by atoms with Gasteiger partial charge < -0.3 is 15.2 Å². The Balaban J connectivity index is 2.31. The second-order valence-electron chi connectivity index (χ2n) is 4.29. The predicted molar refractivity (Wildman–Crippen MR) is 65.3 cm³/mol. The van der Waals surface area contributed by atoms with Crippen molar-refractivity contribution in [2.45, 2.75) is 32.3 Å². The number of aliphatic hydroxyl groups is 1. The molecule has 4 heteroatoms. The van der Waals surface area contributed by atoms with Gasteiger partial charge in [-0.2, -0.15) is 0 Å². The molecule has 0 aliphatic carbocycles. The monoisotopic (exact) mass is 235 g/mol. The van der Waals surface area contributed by atoms with E-state index < -0.39 is 6.10 Å². The number of carbonyl (C=O) groups excluding carboxylic acids is 1. The lowest BCUT2D eigenvalue weighted by molar-refractivity contribution is -0.122. The van der Waals surface area contributed by atoms with E-state index >= 15 is 0 Å². The summed E-state index contributed by atoms with van der Waals surface area (Å²) >= 11 is 0. The third-order valence-electron chi connectivity index (χ3n) is 3.12. The van der Waals surface area contributed by atoms with Gasteiger partial charge in [0.25, 0.3) is 5.91 Å². The summed E-state index contributed by atoms with van der Waals surface area (Å²) < 4.78 is 5.47. The average molecular weight is 235 g/mol. The van der Waals surface area contributed by atoms with Crippen LogP contribution in [0.2, 0.25) is 0 Å². The van der Waals surface area contributed by atoms with Crippen molar-refractivity contribution in [3.05, 3.63) is 23.8 Å². The zero-order chi connectivity index (χ0) is 12.4. The number of anilines is 1. The van der Waals surface area contributed by atoms with E-state index in [1.54, 1.807) is 6.92 Å². The molecular formula is C13H17NO3. The normalized spacial score (nSPS) is 20.2. The predicted octanol–water partition coefficient (Wildman–Crippen LogP) is 1.89. The van der Waals surface area contributed by atoms with Gasteiger partial charge in [0.1, 0.15) is 5.75 Å². The molecule has 92 valence electrons. The first-order chi connectivity index (χ1) is 8.15. The molecule has 17 heavy (non-hydrogen) atoms. The van der Waals surface area contributed by atoms with Crippen LogP contribution in [0.25, 0.3) is 0 Å². The molecule has 2 rings (SSSR count). The van der Waals surface area contributed by atoms with Gasteiger partial charge in [-0.1, -0.05) is 13.0 Å². The Labute approximate surface area is 101 Å². The molecule has 4 nitrogen and oxygen atoms in total. The van der Waals surface area contributed by atoms with Crippen LogP contribution in [0, 0.1) is 0 Å². The lowest BCUT2D eigenvalue weighted by Gasteiger charge is -2.24. The van der Waals surface area contributed by atoms with Crippen molar-refractivity contribution in [2.75, 3.05) is 11.9 Å². The van der Waals surface area contributed by atoms with E-state index in [0.29, 0.717) is 11.4 Å². The van der Waals surface area contributed by atoms with Gasteiger partial charge in [-0.05, 0) is 31.0 Å². The summed E-state index contributed by atoms with van der Waals surface area (Å²) in [5.41, 5.74) is 1.71. The number of benzene rings is 1. The van der Waals surface area contributed by atoms with Gasteiger partial charge in [0.15, 0.2) is 6.10 Å². The highest BCUT2D eigenvalue weighted by Crippen LogP contribution is 2.33. The number of carbonyl (C=O) groups is 1. The first-order valence-electron chi connectivity index (χ1n) is 5.88. The molecule has 2 unspecified atom stereocenters. The molecule has 1 aliphatic rings. The molecule has 0 fully saturated rings. The molecule has 2 atom stereocenters. The first-order valence-corrected chi connectivity index (χ1v) is 5.88. The summed E-state index contributed by atoms with van der Waals surface area (Å²) in [7, 11) is 0. The molecule has 0 saturated heterocycles. The van der Waals surface area contributed by atoms with Crippen molar-refractivity contribution >= 4 is 11.6 Å². The second-order valence-corrected chi connectivity index (χ2v) is 4.29. The van der Waals surface area contributed by atoms with Gasteiger partial charge in [-0.15, -0.1) is 0 Å². The van der Waals surface area contributed by atoms with E-state index in [1.807, 2.05) is 25.1 Å². The van der Waals surface area contributed by atoms with Crippen molar-refractivity contribution in [2.24, 2.45) is 0 Å². The smallest absolute Gasteiger partial charge is 0.265 e. The van der Waals surface area contributed by atoms with Crippen molar-refractivity contribution in [3.63, 3.8) is 0 Å². The van der Waals surface area contributed by atoms with Crippen LogP contribution in [0.3, 0.4) is 0 Å². The number of ether oxygens (including phenoxy) is 1. The van der Waals surface area contributed by atoms with Crippen LogP contribution >= 0.6 is 0 Å². The Hall–Kier alpha value is -1.55. The minimum absolute atomic E-state index is 0.108. The summed E-state index contributed by atoms with van der Waals surface area (Å²) in [6.07, 6.45) is 0.411. The number of hydrogen-bond donors (Lipinski definition) is 2. The summed E-state index contributed by atoms with van der Waals surface area (Å²) in [5.74, 6) is 0.664. The Morgan fingerprint density at radius 1 is 1.53 bits per heavy atom. The molecule has 1 amide bonds. The number of nitrogens with one attached hydrogen (secondary N) is 1. The van der Waals surface area contributed by atoms with Crippen LogP contribution in [0.4, 0.5) is 5.69 Å². The quantitative estimate of drug-likeness (QED) is 0.841. The van der Waals surface area contributed by atoms with E-state index in [0.717, 1.165) is 12.0 Å². The van der Waals surface area contributed by atoms with Crippen molar-refractivity contribution in [3.8, 4) is 5.75 Å². The van der Waals surface area contributed by atoms with Crippen LogP contribution in [0.15, 0.2) is 18.2 Å². The Kier molecular flexibility index (Phi) is 3.33. The number of aliphatic hydroxyl groups excluding tert-OH is 1. The van der Waals surface area contributed by atoms with Crippen molar-refractivity contribution in [1.82, 2.24) is 0 Å². The van der Waals surface area contributed by atoms with E-state index in [9.17, 15) is 9.90 Å². The molecule has 2 N–H and O–H groups in total. The van der Waals surface area contributed by atoms with Crippen LogP contribution in [-0.2, 0) is 4.79 Å². The summed E-state index contributed by atoms with van der Waals surface area (Å²) in [6.45, 7) is 3.85. The van der Waals surface area contributed by atoms with E-state index in [4.69, 9.17) is 4.74 Å². The minimum atomic E-state index is -0.451. The third-order valence-corrected chi connectivity index (χ3v) is 3.12. The maximum atomic E-state index is 11.5. The maximum absolute atomic E-state index is 11.5. The Morgan fingerprint density at radius 3 is 2.94 bits per heavy atom. The van der Waals surface area contributed by atoms with Gasteiger partial charge >= 0.3 is 0 Å². The second kappa shape index (κ2) is 4.75. The van der Waals surface area contributed by atoms with Gasteiger partial charge in [-0.25, -0.2) is 0 Å². The van der Waals surface area contributed by atoms with Gasteiger partial charge in [0.05, 0.1) is 5.69 Å². The number of amides is 1. The highest BCUT2D eigenvalue weighted by atomic mass is 16.5. The average Bonchev–Trinajstić information content (AvgIpc) is 2.32. The molecular weight excluding hydrogens is 218 g/mol. The summed E-state index contributed by atoms with van der Waals surface area (Å²) in [5, 5.41) is 12.1. The van der Waals surface area contributed by atoms with Crippen LogP contribution < -0.4 is 10.1 Å². The van der Waals surface area contributed by atoms with Gasteiger partial charge in [-0.3, -0.25) is 4.79 Å². The molecule has 0 bridgehead atoms. The standard InChI is InChI=1S/C13H17NO3/c1-3-9(7-15)10-4-5-12-11(6-10)14-13(16)8(2)17-12/h4-6,8-9,15H,3,7H2,1-2H3,(H,14,16). The largest absolute Gasteiger partial charge is 0.479 e. The van der Waals surface area contributed by atoms with E-state index in [-0.39, 0.29) is 18.4 Å². The fraction of sp³-hybridized carbons (Fsp3) is 0.462. The van der Waals surface area contributed by atoms with Crippen molar-refractivity contribution < 1.29 is 14.6 Å². The fourth-order valence-electron chi connectivity index (χ4n) is 1.95. The SMILES string of the molecule is CCC(CO)c1ccc2c(c1)NC(=O)C(C)O2. The van der Waals surface area contributed by atoms with E-state index in [2.05, 4.69) is 5.32 Å². The van der Waals surface area contributed by atoms with Crippen molar-refractivity contribution in [1.29, 1.82) is 0 Å². The number of rotatable bonds is 3. The van der Waals surface area contributed by atoms with Gasteiger partial charge in [0, 0.05) is 12.5 Å². The molecule has 1 heterocycles. The minimum Gasteiger partial charge on any atom is -0.479 e. The molecule has 0 spiro atoms. The zero-order valence-electron chi connectivity index (χ0n) is 10.1. The third kappa shape index (κ3) is 2.26. The first kappa shape index (κ1) is 11.9. The Morgan fingerprint density at radius 2 is 2.29 bits per heavy atom. The molecule has 1 aromatic carbocycles. The topological polar surface area (TPSA) is 58.6 Å². The van der Waals surface area contributed by atoms with Crippen LogP contribution in [-0.4, -0.2) is 23.7 Å². The molecule has 0 aromatic heterocycles. The lowest BCUT2D eigenvalue weighted by atomic mass is 9.96. The maximum Gasteiger partial charge on any atom is 0.265 e. The van der Waals surface area contributed by atoms with Crippen LogP contribution in [0.1, 0.15) is 31.7 Å². The van der Waals surface area contributed by atoms with Crippen LogP contribution in [0.5, 0.6) is 5.75 Å². The molecule has 0 radical (unpaired) electrons. The number of fused-ring (bicyclic) bond motifs is 1. The molecule has 1 aromatic rings. The fourth-order valence-corrected chi connectivity index (χ4v) is 1.95. The van der Waals surface area contributed by atoms with E-state index in [1.165, 1.54) is 0 Å². The number of hydrogen-bond acceptors (Lipinski definition) is 3. The zero-order valence-corrected chi connectivity index (χ0v) is 10.1. The highest BCUT2D eigenvalue weighted by molar-refractivity contribution is 5.97. The molecule has 0 saturated carbocycles. The molecule has 1 aliphatic heterocycles. The highest BCUT2D eigenvalue weighted by Gasteiger charge is 2.24. The summed E-state index contributed by atoms with van der Waals surface area (Å²) in [4.78, 5) is 11.5. The lowest BCUT2D eigenvalue weighted by Crippen LogP contribution is -2.34. The summed E-state index contributed by atoms with van der Waals surface area (Å²) in [6, 6.07) is 5.66. The van der Waals surface area contributed by atoms with Gasteiger partial charge in [0.2, 0.25) is 0 Å².